The predicted molar refractivity (Wildman–Crippen MR) is 81.0 cm³/mol. The van der Waals surface area contributed by atoms with E-state index in [1.54, 1.807) is 0 Å². The van der Waals surface area contributed by atoms with Crippen LogP contribution < -0.4 is 5.73 Å². The van der Waals surface area contributed by atoms with Gasteiger partial charge in [-0.3, -0.25) is 0 Å². The Hall–Kier alpha value is -0.870. The number of nitrogens with two attached hydrogens (primary N) is 1. The third-order valence-electron chi connectivity index (χ3n) is 3.89. The van der Waals surface area contributed by atoms with Gasteiger partial charge in [0.2, 0.25) is 0 Å². The van der Waals surface area contributed by atoms with Crippen LogP contribution in [0.2, 0.25) is 0 Å². The van der Waals surface area contributed by atoms with Crippen LogP contribution in [0.25, 0.3) is 0 Å². The van der Waals surface area contributed by atoms with E-state index in [1.807, 2.05) is 12.5 Å². The maximum atomic E-state index is 6.26. The Morgan fingerprint density at radius 3 is 2.63 bits per heavy atom. The van der Waals surface area contributed by atoms with Crippen molar-refractivity contribution in [3.63, 3.8) is 0 Å². The molecule has 0 spiro atoms. The van der Waals surface area contributed by atoms with Crippen molar-refractivity contribution in [1.29, 1.82) is 0 Å². The first-order valence-corrected chi connectivity index (χ1v) is 7.41. The van der Waals surface area contributed by atoms with Crippen LogP contribution in [0.1, 0.15) is 52.3 Å². The maximum absolute atomic E-state index is 6.26. The van der Waals surface area contributed by atoms with Crippen LogP contribution >= 0.6 is 0 Å². The Morgan fingerprint density at radius 2 is 2.05 bits per heavy atom. The summed E-state index contributed by atoms with van der Waals surface area (Å²) in [5.41, 5.74) is 7.42. The third-order valence-corrected chi connectivity index (χ3v) is 3.89. The number of aromatic nitrogens is 2. The van der Waals surface area contributed by atoms with Crippen LogP contribution in [0, 0.1) is 5.92 Å². The summed E-state index contributed by atoms with van der Waals surface area (Å²) in [7, 11) is 2.18. The highest BCUT2D eigenvalue weighted by Gasteiger charge is 2.14. The fraction of sp³-hybridized carbons (Fsp3) is 0.800. The molecule has 1 heterocycles. The molecule has 110 valence electrons. The molecule has 0 aliphatic carbocycles. The van der Waals surface area contributed by atoms with E-state index in [0.717, 1.165) is 25.2 Å². The molecule has 0 aromatic carbocycles. The number of imidazole rings is 1. The second-order valence-electron chi connectivity index (χ2n) is 5.99. The van der Waals surface area contributed by atoms with E-state index in [0.29, 0.717) is 12.0 Å². The van der Waals surface area contributed by atoms with Crippen molar-refractivity contribution in [3.8, 4) is 0 Å². The molecule has 0 amide bonds. The topological polar surface area (TPSA) is 47.1 Å². The van der Waals surface area contributed by atoms with Crippen molar-refractivity contribution in [2.24, 2.45) is 11.7 Å². The molecule has 0 fully saturated rings. The van der Waals surface area contributed by atoms with E-state index in [4.69, 9.17) is 5.73 Å². The molecule has 19 heavy (non-hydrogen) atoms. The van der Waals surface area contributed by atoms with Gasteiger partial charge in [0.15, 0.2) is 0 Å². The maximum Gasteiger partial charge on any atom is 0.0949 e. The van der Waals surface area contributed by atoms with Crippen molar-refractivity contribution in [3.05, 3.63) is 18.2 Å². The lowest BCUT2D eigenvalue weighted by Crippen LogP contribution is -2.32. The van der Waals surface area contributed by atoms with E-state index in [2.05, 4.69) is 49.2 Å². The second kappa shape index (κ2) is 7.65. The van der Waals surface area contributed by atoms with E-state index in [1.165, 1.54) is 6.42 Å². The first-order chi connectivity index (χ1) is 8.95. The molecular formula is C15H30N4. The Bertz CT molecular complexity index is 359. The standard InChI is InChI=1S/C15H30N4/c1-6-13(4)18(5)7-8-19-11-17-10-15(19)14(16)9-12(2)3/h10-14H,6-9,16H2,1-5H3. The van der Waals surface area contributed by atoms with Crippen LogP contribution in [0.5, 0.6) is 0 Å². The van der Waals surface area contributed by atoms with Gasteiger partial charge in [-0.2, -0.15) is 0 Å². The lowest BCUT2D eigenvalue weighted by Gasteiger charge is -2.24. The molecule has 1 aromatic heterocycles. The molecule has 4 heteroatoms. The van der Waals surface area contributed by atoms with Crippen molar-refractivity contribution >= 4 is 0 Å². The van der Waals surface area contributed by atoms with Crippen molar-refractivity contribution < 1.29 is 0 Å². The van der Waals surface area contributed by atoms with Gasteiger partial charge in [0.05, 0.1) is 12.0 Å². The summed E-state index contributed by atoms with van der Waals surface area (Å²) in [6.45, 7) is 10.9. The average Bonchev–Trinajstić information content (AvgIpc) is 2.82. The summed E-state index contributed by atoms with van der Waals surface area (Å²) in [6.07, 6.45) is 6.00. The first kappa shape index (κ1) is 16.2. The SMILES string of the molecule is CCC(C)N(C)CCn1cncc1C(N)CC(C)C. The van der Waals surface area contributed by atoms with Crippen molar-refractivity contribution in [1.82, 2.24) is 14.5 Å². The summed E-state index contributed by atoms with van der Waals surface area (Å²) in [5.74, 6) is 0.612. The molecule has 2 N–H and O–H groups in total. The molecule has 0 saturated carbocycles. The molecule has 2 atom stereocenters. The van der Waals surface area contributed by atoms with Crippen molar-refractivity contribution in [2.45, 2.75) is 59.2 Å². The normalized spacial score (nSPS) is 15.2. The van der Waals surface area contributed by atoms with Gasteiger partial charge in [0.1, 0.15) is 0 Å². The molecule has 0 aliphatic rings. The van der Waals surface area contributed by atoms with Gasteiger partial charge in [-0.1, -0.05) is 20.8 Å². The molecule has 2 unspecified atom stereocenters. The van der Waals surface area contributed by atoms with E-state index in [9.17, 15) is 0 Å². The number of hydrogen-bond donors (Lipinski definition) is 1. The zero-order chi connectivity index (χ0) is 14.4. The smallest absolute Gasteiger partial charge is 0.0949 e. The largest absolute Gasteiger partial charge is 0.332 e. The van der Waals surface area contributed by atoms with Gasteiger partial charge in [-0.05, 0) is 32.7 Å². The Labute approximate surface area is 118 Å². The molecule has 1 aromatic rings. The number of rotatable bonds is 8. The minimum atomic E-state index is 0.0939. The molecule has 0 aliphatic heterocycles. The second-order valence-corrected chi connectivity index (χ2v) is 5.99. The van der Waals surface area contributed by atoms with E-state index in [-0.39, 0.29) is 6.04 Å². The van der Waals surface area contributed by atoms with Crippen molar-refractivity contribution in [2.75, 3.05) is 13.6 Å². The fourth-order valence-electron chi connectivity index (χ4n) is 2.25. The fourth-order valence-corrected chi connectivity index (χ4v) is 2.25. The van der Waals surface area contributed by atoms with Gasteiger partial charge in [-0.25, -0.2) is 4.98 Å². The first-order valence-electron chi connectivity index (χ1n) is 7.41. The highest BCUT2D eigenvalue weighted by atomic mass is 15.2. The van der Waals surface area contributed by atoms with Gasteiger partial charge in [0.25, 0.3) is 0 Å². The highest BCUT2D eigenvalue weighted by molar-refractivity contribution is 5.04. The van der Waals surface area contributed by atoms with Crippen LogP contribution in [-0.2, 0) is 6.54 Å². The van der Waals surface area contributed by atoms with Crippen LogP contribution in [0.3, 0.4) is 0 Å². The van der Waals surface area contributed by atoms with Crippen LogP contribution in [-0.4, -0.2) is 34.1 Å². The molecule has 0 bridgehead atoms. The van der Waals surface area contributed by atoms with Crippen LogP contribution in [0.4, 0.5) is 0 Å². The van der Waals surface area contributed by atoms with Gasteiger partial charge < -0.3 is 15.2 Å². The Balaban J connectivity index is 2.58. The molecular weight excluding hydrogens is 236 g/mol. The van der Waals surface area contributed by atoms with Crippen LogP contribution in [0.15, 0.2) is 12.5 Å². The summed E-state index contributed by atoms with van der Waals surface area (Å²) in [5, 5.41) is 0. The van der Waals surface area contributed by atoms with Gasteiger partial charge in [0, 0.05) is 31.4 Å². The molecule has 0 saturated heterocycles. The molecule has 1 rings (SSSR count). The minimum Gasteiger partial charge on any atom is -0.332 e. The number of nitrogens with zero attached hydrogens (tertiary/aromatic N) is 3. The van der Waals surface area contributed by atoms with Gasteiger partial charge >= 0.3 is 0 Å². The number of hydrogen-bond acceptors (Lipinski definition) is 3. The lowest BCUT2D eigenvalue weighted by molar-refractivity contribution is 0.241. The molecule has 0 radical (unpaired) electrons. The monoisotopic (exact) mass is 266 g/mol. The lowest BCUT2D eigenvalue weighted by atomic mass is 10.0. The predicted octanol–water partition coefficient (Wildman–Crippen LogP) is 2.66. The summed E-state index contributed by atoms with van der Waals surface area (Å²) in [6, 6.07) is 0.715. The third kappa shape index (κ3) is 4.96. The summed E-state index contributed by atoms with van der Waals surface area (Å²) < 4.78 is 2.20. The summed E-state index contributed by atoms with van der Waals surface area (Å²) in [4.78, 5) is 6.64. The minimum absolute atomic E-state index is 0.0939. The summed E-state index contributed by atoms with van der Waals surface area (Å²) >= 11 is 0. The van der Waals surface area contributed by atoms with E-state index >= 15 is 0 Å². The average molecular weight is 266 g/mol. The zero-order valence-electron chi connectivity index (χ0n) is 13.1. The van der Waals surface area contributed by atoms with E-state index < -0.39 is 0 Å². The number of likely N-dealkylation sites (N-methyl/N-ethyl adjacent to an activating group) is 1. The highest BCUT2D eigenvalue weighted by Crippen LogP contribution is 2.18. The Morgan fingerprint density at radius 1 is 1.37 bits per heavy atom. The zero-order valence-corrected chi connectivity index (χ0v) is 13.1. The van der Waals surface area contributed by atoms with Gasteiger partial charge in [-0.15, -0.1) is 0 Å². The molecule has 4 nitrogen and oxygen atoms in total. The quantitative estimate of drug-likeness (QED) is 0.787. The Kier molecular flexibility index (Phi) is 6.52.